The Balaban J connectivity index is 1.38. The predicted molar refractivity (Wildman–Crippen MR) is 127 cm³/mol. The van der Waals surface area contributed by atoms with Crippen molar-refractivity contribution in [1.82, 2.24) is 4.90 Å². The molecule has 2 aliphatic rings. The van der Waals surface area contributed by atoms with Crippen molar-refractivity contribution < 1.29 is 14.3 Å². The highest BCUT2D eigenvalue weighted by Crippen LogP contribution is 2.49. The van der Waals surface area contributed by atoms with E-state index in [0.29, 0.717) is 13.2 Å². The van der Waals surface area contributed by atoms with E-state index in [0.717, 1.165) is 16.7 Å². The first-order valence-corrected chi connectivity index (χ1v) is 11.5. The van der Waals surface area contributed by atoms with Crippen molar-refractivity contribution in [3.05, 3.63) is 120 Å². The molecule has 0 aromatic heterocycles. The number of likely N-dealkylation sites (tertiary alicyclic amines) is 1. The lowest BCUT2D eigenvalue weighted by Crippen LogP contribution is -2.34. The predicted octanol–water partition coefficient (Wildman–Crippen LogP) is 4.94. The second-order valence-electron chi connectivity index (χ2n) is 8.68. The van der Waals surface area contributed by atoms with Crippen LogP contribution in [0.4, 0.5) is 0 Å². The summed E-state index contributed by atoms with van der Waals surface area (Å²) in [7, 11) is 0. The van der Waals surface area contributed by atoms with E-state index in [2.05, 4.69) is 12.2 Å². The standard InChI is InChI=1S/C29H27NO3/c31-28-26-24(22-12-6-2-7-13-22)16-17-25(23-14-8-3-9-15-23)27(26)29(32)30(28)18-19-33-20-21-10-4-1-5-11-21/h1-17,24-27H,18-20H2/t24-,25-,26+,27+/m1/s1. The molecule has 2 amide bonds. The van der Waals surface area contributed by atoms with E-state index in [1.54, 1.807) is 0 Å². The van der Waals surface area contributed by atoms with Crippen LogP contribution in [0.25, 0.3) is 0 Å². The lowest BCUT2D eigenvalue weighted by molar-refractivity contribution is -0.140. The number of imide groups is 1. The smallest absolute Gasteiger partial charge is 0.234 e. The van der Waals surface area contributed by atoms with Crippen molar-refractivity contribution in [3.8, 4) is 0 Å². The van der Waals surface area contributed by atoms with Crippen LogP contribution in [0.1, 0.15) is 28.5 Å². The third-order valence-corrected chi connectivity index (χ3v) is 6.73. The van der Waals surface area contributed by atoms with Gasteiger partial charge in [0.05, 0.1) is 31.6 Å². The number of ether oxygens (including phenoxy) is 1. The monoisotopic (exact) mass is 437 g/mol. The highest BCUT2D eigenvalue weighted by molar-refractivity contribution is 6.06. The molecule has 1 aliphatic heterocycles. The van der Waals surface area contributed by atoms with E-state index in [1.165, 1.54) is 4.90 Å². The summed E-state index contributed by atoms with van der Waals surface area (Å²) in [6, 6.07) is 29.9. The summed E-state index contributed by atoms with van der Waals surface area (Å²) in [6.07, 6.45) is 4.24. The average Bonchev–Trinajstić information content (AvgIpc) is 3.13. The molecule has 5 rings (SSSR count). The van der Waals surface area contributed by atoms with Crippen molar-refractivity contribution in [2.45, 2.75) is 18.4 Å². The molecular weight excluding hydrogens is 410 g/mol. The molecule has 4 atom stereocenters. The van der Waals surface area contributed by atoms with Crippen LogP contribution in [0.2, 0.25) is 0 Å². The van der Waals surface area contributed by atoms with Crippen molar-refractivity contribution in [3.63, 3.8) is 0 Å². The van der Waals surface area contributed by atoms with E-state index in [-0.39, 0.29) is 30.2 Å². The summed E-state index contributed by atoms with van der Waals surface area (Å²) in [6.45, 7) is 1.07. The van der Waals surface area contributed by atoms with Crippen molar-refractivity contribution in [2.75, 3.05) is 13.2 Å². The molecule has 0 N–H and O–H groups in total. The maximum absolute atomic E-state index is 13.6. The molecule has 0 spiro atoms. The Labute approximate surface area is 194 Å². The van der Waals surface area contributed by atoms with Crippen LogP contribution < -0.4 is 0 Å². The highest BCUT2D eigenvalue weighted by Gasteiger charge is 2.54. The van der Waals surface area contributed by atoms with Crippen LogP contribution in [0.3, 0.4) is 0 Å². The molecule has 3 aromatic carbocycles. The Morgan fingerprint density at radius 2 is 1.09 bits per heavy atom. The topological polar surface area (TPSA) is 46.6 Å². The van der Waals surface area contributed by atoms with Gasteiger partial charge in [-0.3, -0.25) is 14.5 Å². The molecule has 0 bridgehead atoms. The quantitative estimate of drug-likeness (QED) is 0.299. The van der Waals surface area contributed by atoms with Crippen LogP contribution >= 0.6 is 0 Å². The first kappa shape index (κ1) is 21.4. The number of rotatable bonds is 7. The van der Waals surface area contributed by atoms with Gasteiger partial charge in [0.25, 0.3) is 0 Å². The number of fused-ring (bicyclic) bond motifs is 1. The number of amides is 2. The molecule has 1 fully saturated rings. The van der Waals surface area contributed by atoms with Crippen LogP contribution in [0.5, 0.6) is 0 Å². The fourth-order valence-corrected chi connectivity index (χ4v) is 5.14. The van der Waals surface area contributed by atoms with E-state index >= 15 is 0 Å². The Morgan fingerprint density at radius 1 is 0.636 bits per heavy atom. The number of carbonyl (C=O) groups is 2. The molecule has 4 nitrogen and oxygen atoms in total. The van der Waals surface area contributed by atoms with Crippen LogP contribution in [0, 0.1) is 11.8 Å². The van der Waals surface area contributed by atoms with Gasteiger partial charge in [-0.1, -0.05) is 103 Å². The summed E-state index contributed by atoms with van der Waals surface area (Å²) < 4.78 is 5.79. The minimum absolute atomic E-state index is 0.0903. The Bertz CT molecular complexity index is 1060. The molecule has 0 unspecified atom stereocenters. The van der Waals surface area contributed by atoms with Crippen molar-refractivity contribution >= 4 is 11.8 Å². The van der Waals surface area contributed by atoms with Gasteiger partial charge < -0.3 is 4.74 Å². The minimum atomic E-state index is -0.399. The summed E-state index contributed by atoms with van der Waals surface area (Å²) in [5.41, 5.74) is 3.21. The first-order chi connectivity index (χ1) is 16.2. The van der Waals surface area contributed by atoms with Gasteiger partial charge in [0.1, 0.15) is 0 Å². The molecule has 1 heterocycles. The van der Waals surface area contributed by atoms with Crippen molar-refractivity contribution in [1.29, 1.82) is 0 Å². The zero-order valence-corrected chi connectivity index (χ0v) is 18.4. The molecule has 33 heavy (non-hydrogen) atoms. The summed E-state index contributed by atoms with van der Waals surface area (Å²) in [5, 5.41) is 0. The molecule has 4 heteroatoms. The number of benzene rings is 3. The highest BCUT2D eigenvalue weighted by atomic mass is 16.5. The van der Waals surface area contributed by atoms with Gasteiger partial charge in [-0.05, 0) is 16.7 Å². The number of hydrogen-bond donors (Lipinski definition) is 0. The van der Waals surface area contributed by atoms with Gasteiger partial charge in [0, 0.05) is 11.8 Å². The largest absolute Gasteiger partial charge is 0.375 e. The van der Waals surface area contributed by atoms with E-state index in [1.807, 2.05) is 91.0 Å². The van der Waals surface area contributed by atoms with Gasteiger partial charge in [-0.2, -0.15) is 0 Å². The lowest BCUT2D eigenvalue weighted by Gasteiger charge is -2.32. The van der Waals surface area contributed by atoms with Gasteiger partial charge >= 0.3 is 0 Å². The molecule has 0 saturated carbocycles. The number of allylic oxidation sites excluding steroid dienone is 2. The number of carbonyl (C=O) groups excluding carboxylic acids is 2. The number of hydrogen-bond acceptors (Lipinski definition) is 3. The second-order valence-corrected chi connectivity index (χ2v) is 8.68. The Hall–Kier alpha value is -3.50. The average molecular weight is 438 g/mol. The Morgan fingerprint density at radius 3 is 1.58 bits per heavy atom. The molecule has 1 aliphatic carbocycles. The molecule has 1 saturated heterocycles. The Kier molecular flexibility index (Phi) is 6.18. The van der Waals surface area contributed by atoms with Crippen molar-refractivity contribution in [2.24, 2.45) is 11.8 Å². The second kappa shape index (κ2) is 9.55. The van der Waals surface area contributed by atoms with E-state index in [4.69, 9.17) is 4.74 Å². The van der Waals surface area contributed by atoms with Gasteiger partial charge in [-0.25, -0.2) is 0 Å². The van der Waals surface area contributed by atoms with E-state index < -0.39 is 11.8 Å². The van der Waals surface area contributed by atoms with E-state index in [9.17, 15) is 9.59 Å². The van der Waals surface area contributed by atoms with Crippen LogP contribution in [0.15, 0.2) is 103 Å². The fourth-order valence-electron chi connectivity index (χ4n) is 5.14. The maximum Gasteiger partial charge on any atom is 0.234 e. The zero-order chi connectivity index (χ0) is 22.6. The minimum Gasteiger partial charge on any atom is -0.375 e. The van der Waals surface area contributed by atoms with Crippen LogP contribution in [-0.2, 0) is 20.9 Å². The molecule has 0 radical (unpaired) electrons. The summed E-state index contributed by atoms with van der Waals surface area (Å²) in [4.78, 5) is 28.6. The first-order valence-electron chi connectivity index (χ1n) is 11.5. The summed E-state index contributed by atoms with van der Waals surface area (Å²) in [5.74, 6) is -1.20. The molecular formula is C29H27NO3. The zero-order valence-electron chi connectivity index (χ0n) is 18.4. The normalized spacial score (nSPS) is 24.2. The molecule has 3 aromatic rings. The number of nitrogens with zero attached hydrogens (tertiary/aromatic N) is 1. The van der Waals surface area contributed by atoms with Crippen LogP contribution in [-0.4, -0.2) is 29.9 Å². The maximum atomic E-state index is 13.6. The SMILES string of the molecule is O=C1[C@@H]2[C@@H](C(=O)N1CCOCc1ccccc1)[C@@H](c1ccccc1)C=C[C@@H]2c1ccccc1. The lowest BCUT2D eigenvalue weighted by atomic mass is 9.68. The van der Waals surface area contributed by atoms with Gasteiger partial charge in [-0.15, -0.1) is 0 Å². The third kappa shape index (κ3) is 4.27. The third-order valence-electron chi connectivity index (χ3n) is 6.73. The van der Waals surface area contributed by atoms with Gasteiger partial charge in [0.15, 0.2) is 0 Å². The van der Waals surface area contributed by atoms with Gasteiger partial charge in [0.2, 0.25) is 11.8 Å². The molecule has 166 valence electrons. The summed E-state index contributed by atoms with van der Waals surface area (Å²) >= 11 is 0. The fraction of sp³-hybridized carbons (Fsp3) is 0.241.